The van der Waals surface area contributed by atoms with Crippen LogP contribution in [-0.2, 0) is 0 Å². The zero-order valence-corrected chi connectivity index (χ0v) is 9.63. The van der Waals surface area contributed by atoms with E-state index in [1.807, 2.05) is 25.1 Å². The second-order valence-corrected chi connectivity index (χ2v) is 4.29. The van der Waals surface area contributed by atoms with Crippen molar-refractivity contribution in [1.29, 1.82) is 0 Å². The van der Waals surface area contributed by atoms with Gasteiger partial charge in [0.25, 0.3) is 0 Å². The number of benzene rings is 1. The van der Waals surface area contributed by atoms with Gasteiger partial charge in [0.1, 0.15) is 17.4 Å². The van der Waals surface area contributed by atoms with E-state index in [9.17, 15) is 5.11 Å². The van der Waals surface area contributed by atoms with Crippen LogP contribution in [0.4, 0.5) is 0 Å². The predicted molar refractivity (Wildman–Crippen MR) is 59.3 cm³/mol. The minimum Gasteiger partial charge on any atom is -0.458 e. The summed E-state index contributed by atoms with van der Waals surface area (Å²) in [6.07, 6.45) is -0.561. The first-order valence-electron chi connectivity index (χ1n) is 4.46. The number of hydrogen-bond acceptors (Lipinski definition) is 2. The van der Waals surface area contributed by atoms with Crippen molar-refractivity contribution in [2.45, 2.75) is 20.0 Å². The molecular formula is C11H11BrO2. The Morgan fingerprint density at radius 1 is 1.43 bits per heavy atom. The lowest BCUT2D eigenvalue weighted by Gasteiger charge is -1.97. The largest absolute Gasteiger partial charge is 0.458 e. The summed E-state index contributed by atoms with van der Waals surface area (Å²) in [7, 11) is 0. The summed E-state index contributed by atoms with van der Waals surface area (Å²) in [4.78, 5) is 0. The molecule has 2 nitrogen and oxygen atoms in total. The van der Waals surface area contributed by atoms with Crippen LogP contribution in [0.2, 0.25) is 0 Å². The lowest BCUT2D eigenvalue weighted by Crippen LogP contribution is -1.85. The molecule has 1 heterocycles. The number of fused-ring (bicyclic) bond motifs is 1. The number of aryl methyl sites for hydroxylation is 1. The first-order valence-corrected chi connectivity index (χ1v) is 5.25. The molecule has 0 aliphatic rings. The molecule has 0 radical (unpaired) electrons. The Hall–Kier alpha value is -0.800. The van der Waals surface area contributed by atoms with Gasteiger partial charge in [-0.25, -0.2) is 0 Å². The number of furan rings is 1. The molecule has 74 valence electrons. The number of hydrogen-bond donors (Lipinski definition) is 1. The van der Waals surface area contributed by atoms with Gasteiger partial charge in [-0.05, 0) is 31.5 Å². The molecule has 2 aromatic rings. The van der Waals surface area contributed by atoms with Gasteiger partial charge in [0.05, 0.1) is 0 Å². The fourth-order valence-electron chi connectivity index (χ4n) is 1.45. The zero-order chi connectivity index (χ0) is 10.3. The quantitative estimate of drug-likeness (QED) is 0.845. The van der Waals surface area contributed by atoms with Gasteiger partial charge < -0.3 is 9.52 Å². The highest BCUT2D eigenvalue weighted by atomic mass is 79.9. The first-order chi connectivity index (χ1) is 6.59. The van der Waals surface area contributed by atoms with Crippen LogP contribution in [0.25, 0.3) is 11.0 Å². The van der Waals surface area contributed by atoms with E-state index in [2.05, 4.69) is 15.9 Å². The Morgan fingerprint density at radius 3 is 2.71 bits per heavy atom. The highest BCUT2D eigenvalue weighted by molar-refractivity contribution is 9.10. The van der Waals surface area contributed by atoms with Crippen LogP contribution < -0.4 is 0 Å². The summed E-state index contributed by atoms with van der Waals surface area (Å²) in [6.45, 7) is 3.69. The summed E-state index contributed by atoms with van der Waals surface area (Å²) >= 11 is 3.45. The lowest BCUT2D eigenvalue weighted by molar-refractivity contribution is 0.172. The average Bonchev–Trinajstić information content (AvgIpc) is 2.57. The maximum atomic E-state index is 9.40. The molecule has 1 aromatic heterocycles. The Kier molecular flexibility index (Phi) is 2.37. The predicted octanol–water partition coefficient (Wildman–Crippen LogP) is 3.56. The maximum Gasteiger partial charge on any atom is 0.138 e. The average molecular weight is 255 g/mol. The number of aliphatic hydroxyl groups is 1. The van der Waals surface area contributed by atoms with Crippen LogP contribution >= 0.6 is 15.9 Å². The Morgan fingerprint density at radius 2 is 2.14 bits per heavy atom. The highest BCUT2D eigenvalue weighted by Crippen LogP contribution is 2.31. The molecule has 0 aliphatic carbocycles. The standard InChI is InChI=1S/C11H11BrO2/c1-6-3-4-9(12)8-5-10(7(2)13)14-11(6)8/h3-5,7,13H,1-2H3. The summed E-state index contributed by atoms with van der Waals surface area (Å²) in [5.41, 5.74) is 1.92. The first kappa shape index (κ1) is 9.74. The Labute approximate surface area is 90.7 Å². The maximum absolute atomic E-state index is 9.40. The fourth-order valence-corrected chi connectivity index (χ4v) is 1.88. The molecule has 0 bridgehead atoms. The van der Waals surface area contributed by atoms with Gasteiger partial charge in [-0.3, -0.25) is 0 Å². The van der Waals surface area contributed by atoms with E-state index in [1.54, 1.807) is 6.92 Å². The molecule has 1 atom stereocenters. The molecule has 0 aliphatic heterocycles. The highest BCUT2D eigenvalue weighted by Gasteiger charge is 2.11. The molecular weight excluding hydrogens is 244 g/mol. The third-order valence-corrected chi connectivity index (χ3v) is 2.95. The smallest absolute Gasteiger partial charge is 0.138 e. The van der Waals surface area contributed by atoms with E-state index in [0.29, 0.717) is 5.76 Å². The van der Waals surface area contributed by atoms with Crippen LogP contribution in [0.5, 0.6) is 0 Å². The lowest BCUT2D eigenvalue weighted by atomic mass is 10.2. The van der Waals surface area contributed by atoms with Gasteiger partial charge in [-0.2, -0.15) is 0 Å². The number of aliphatic hydroxyl groups excluding tert-OH is 1. The molecule has 1 N–H and O–H groups in total. The summed E-state index contributed by atoms with van der Waals surface area (Å²) < 4.78 is 6.56. The second kappa shape index (κ2) is 3.41. The molecule has 3 heteroatoms. The molecule has 0 amide bonds. The summed E-state index contributed by atoms with van der Waals surface area (Å²) in [6, 6.07) is 5.85. The molecule has 14 heavy (non-hydrogen) atoms. The van der Waals surface area contributed by atoms with Crippen molar-refractivity contribution in [3.63, 3.8) is 0 Å². The van der Waals surface area contributed by atoms with Crippen molar-refractivity contribution < 1.29 is 9.52 Å². The zero-order valence-electron chi connectivity index (χ0n) is 8.04. The Balaban J connectivity index is 2.75. The van der Waals surface area contributed by atoms with E-state index >= 15 is 0 Å². The van der Waals surface area contributed by atoms with E-state index in [1.165, 1.54) is 0 Å². The molecule has 0 saturated carbocycles. The number of rotatable bonds is 1. The van der Waals surface area contributed by atoms with Crippen molar-refractivity contribution in [3.8, 4) is 0 Å². The number of halogens is 1. The Bertz CT molecular complexity index is 432. The normalized spacial score (nSPS) is 13.4. The van der Waals surface area contributed by atoms with Crippen LogP contribution in [0.15, 0.2) is 27.1 Å². The summed E-state index contributed by atoms with van der Waals surface area (Å²) in [5.74, 6) is 0.606. The van der Waals surface area contributed by atoms with Crippen molar-refractivity contribution in [2.75, 3.05) is 0 Å². The van der Waals surface area contributed by atoms with Gasteiger partial charge in [0.2, 0.25) is 0 Å². The SMILES string of the molecule is Cc1ccc(Br)c2cc(C(C)O)oc12. The fraction of sp³-hybridized carbons (Fsp3) is 0.273. The van der Waals surface area contributed by atoms with Crippen LogP contribution in [0.1, 0.15) is 24.4 Å². The third-order valence-electron chi connectivity index (χ3n) is 2.26. The van der Waals surface area contributed by atoms with Crippen molar-refractivity contribution in [3.05, 3.63) is 34.0 Å². The monoisotopic (exact) mass is 254 g/mol. The van der Waals surface area contributed by atoms with Crippen LogP contribution in [0, 0.1) is 6.92 Å². The molecule has 1 unspecified atom stereocenters. The van der Waals surface area contributed by atoms with E-state index in [4.69, 9.17) is 4.42 Å². The van der Waals surface area contributed by atoms with E-state index in [-0.39, 0.29) is 0 Å². The van der Waals surface area contributed by atoms with Gasteiger partial charge in [0, 0.05) is 9.86 Å². The van der Waals surface area contributed by atoms with Gasteiger partial charge >= 0.3 is 0 Å². The van der Waals surface area contributed by atoms with Gasteiger partial charge in [-0.1, -0.05) is 22.0 Å². The van der Waals surface area contributed by atoms with Crippen molar-refractivity contribution >= 4 is 26.9 Å². The minimum absolute atomic E-state index is 0.561. The summed E-state index contributed by atoms with van der Waals surface area (Å²) in [5, 5.41) is 10.4. The van der Waals surface area contributed by atoms with Gasteiger partial charge in [-0.15, -0.1) is 0 Å². The van der Waals surface area contributed by atoms with Crippen molar-refractivity contribution in [1.82, 2.24) is 0 Å². The molecule has 0 spiro atoms. The second-order valence-electron chi connectivity index (χ2n) is 3.43. The molecule has 0 fully saturated rings. The molecule has 1 aromatic carbocycles. The van der Waals surface area contributed by atoms with Gasteiger partial charge in [0.15, 0.2) is 0 Å². The van der Waals surface area contributed by atoms with Crippen LogP contribution in [0.3, 0.4) is 0 Å². The van der Waals surface area contributed by atoms with Crippen LogP contribution in [-0.4, -0.2) is 5.11 Å². The third kappa shape index (κ3) is 1.47. The minimum atomic E-state index is -0.561. The molecule has 2 rings (SSSR count). The molecule has 0 saturated heterocycles. The topological polar surface area (TPSA) is 33.4 Å². The van der Waals surface area contributed by atoms with E-state index in [0.717, 1.165) is 21.0 Å². The van der Waals surface area contributed by atoms with E-state index < -0.39 is 6.10 Å². The van der Waals surface area contributed by atoms with Crippen molar-refractivity contribution in [2.24, 2.45) is 0 Å².